The summed E-state index contributed by atoms with van der Waals surface area (Å²) in [6.07, 6.45) is 1.66. The largest absolute Gasteiger partial charge is 0.289 e. The van der Waals surface area contributed by atoms with Gasteiger partial charge in [0.2, 0.25) is 0 Å². The minimum atomic E-state index is 0.346. The van der Waals surface area contributed by atoms with E-state index >= 15 is 0 Å². The van der Waals surface area contributed by atoms with Gasteiger partial charge in [-0.1, -0.05) is 12.1 Å². The van der Waals surface area contributed by atoms with E-state index in [-0.39, 0.29) is 0 Å². The van der Waals surface area contributed by atoms with Gasteiger partial charge in [0.15, 0.2) is 0 Å². The van der Waals surface area contributed by atoms with E-state index < -0.39 is 0 Å². The van der Waals surface area contributed by atoms with Gasteiger partial charge >= 0.3 is 0 Å². The molecule has 0 aliphatic rings. The van der Waals surface area contributed by atoms with Crippen molar-refractivity contribution in [3.05, 3.63) is 48.0 Å². The van der Waals surface area contributed by atoms with Crippen LogP contribution in [0, 0.1) is 13.8 Å². The van der Waals surface area contributed by atoms with Crippen LogP contribution < -0.4 is 0 Å². The van der Waals surface area contributed by atoms with E-state index in [0.717, 1.165) is 22.4 Å². The maximum Gasteiger partial charge on any atom is 0.289 e. The predicted molar refractivity (Wildman–Crippen MR) is 78.8 cm³/mol. The standard InChI is InChI=1S/C14H12N8/c1-9-7-10(2)22(20-9)14-18-16-13(17-19-14)21-8-15-11-5-3-4-6-12(11)21/h3-8H,1-2H3. The molecule has 0 saturated carbocycles. The summed E-state index contributed by atoms with van der Waals surface area (Å²) in [6.45, 7) is 3.84. The van der Waals surface area contributed by atoms with E-state index in [1.807, 2.05) is 44.2 Å². The van der Waals surface area contributed by atoms with E-state index in [2.05, 4.69) is 30.5 Å². The first kappa shape index (κ1) is 12.6. The number of aryl methyl sites for hydroxylation is 2. The van der Waals surface area contributed by atoms with Crippen LogP contribution in [0.2, 0.25) is 0 Å². The van der Waals surface area contributed by atoms with Crippen LogP contribution in [0.3, 0.4) is 0 Å². The second-order valence-electron chi connectivity index (χ2n) is 4.94. The summed E-state index contributed by atoms with van der Waals surface area (Å²) in [5.41, 5.74) is 3.60. The summed E-state index contributed by atoms with van der Waals surface area (Å²) < 4.78 is 3.37. The third kappa shape index (κ3) is 1.93. The number of imidazole rings is 1. The molecule has 22 heavy (non-hydrogen) atoms. The Balaban J connectivity index is 1.77. The summed E-state index contributed by atoms with van der Waals surface area (Å²) in [4.78, 5) is 4.30. The molecule has 0 radical (unpaired) electrons. The molecule has 0 fully saturated rings. The van der Waals surface area contributed by atoms with Crippen LogP contribution in [0.4, 0.5) is 0 Å². The highest BCUT2D eigenvalue weighted by Gasteiger charge is 2.11. The highest BCUT2D eigenvalue weighted by molar-refractivity contribution is 5.76. The molecule has 0 aliphatic carbocycles. The second kappa shape index (κ2) is 4.69. The fourth-order valence-electron chi connectivity index (χ4n) is 2.35. The lowest BCUT2D eigenvalue weighted by Gasteiger charge is -2.03. The van der Waals surface area contributed by atoms with Crippen molar-refractivity contribution < 1.29 is 0 Å². The lowest BCUT2D eigenvalue weighted by Crippen LogP contribution is -2.11. The van der Waals surface area contributed by atoms with Crippen molar-refractivity contribution in [2.24, 2.45) is 0 Å². The van der Waals surface area contributed by atoms with Gasteiger partial charge in [-0.15, -0.1) is 20.4 Å². The zero-order valence-corrected chi connectivity index (χ0v) is 12.0. The van der Waals surface area contributed by atoms with Gasteiger partial charge < -0.3 is 0 Å². The number of aromatic nitrogens is 8. The Morgan fingerprint density at radius 1 is 0.909 bits per heavy atom. The molecule has 4 rings (SSSR count). The maximum atomic E-state index is 4.32. The van der Waals surface area contributed by atoms with Gasteiger partial charge in [0.1, 0.15) is 6.33 Å². The lowest BCUT2D eigenvalue weighted by atomic mass is 10.3. The molecule has 1 aromatic carbocycles. The fraction of sp³-hybridized carbons (Fsp3) is 0.143. The lowest BCUT2D eigenvalue weighted by molar-refractivity contribution is 0.691. The van der Waals surface area contributed by atoms with Crippen molar-refractivity contribution in [2.45, 2.75) is 13.8 Å². The van der Waals surface area contributed by atoms with Crippen molar-refractivity contribution in [3.63, 3.8) is 0 Å². The van der Waals surface area contributed by atoms with E-state index in [4.69, 9.17) is 0 Å². The number of nitrogens with zero attached hydrogens (tertiary/aromatic N) is 8. The predicted octanol–water partition coefficient (Wildman–Crippen LogP) is 1.41. The minimum absolute atomic E-state index is 0.346. The van der Waals surface area contributed by atoms with Crippen molar-refractivity contribution in [2.75, 3.05) is 0 Å². The smallest absolute Gasteiger partial charge is 0.264 e. The molecule has 0 N–H and O–H groups in total. The first-order valence-corrected chi connectivity index (χ1v) is 6.76. The van der Waals surface area contributed by atoms with Crippen molar-refractivity contribution in [1.29, 1.82) is 0 Å². The Hall–Kier alpha value is -3.16. The first-order chi connectivity index (χ1) is 10.7. The van der Waals surface area contributed by atoms with Gasteiger partial charge in [-0.25, -0.2) is 9.67 Å². The number of para-hydroxylation sites is 2. The number of fused-ring (bicyclic) bond motifs is 1. The number of hydrogen-bond acceptors (Lipinski definition) is 6. The molecule has 0 saturated heterocycles. The number of rotatable bonds is 2. The van der Waals surface area contributed by atoms with Gasteiger partial charge in [0.05, 0.1) is 16.7 Å². The highest BCUT2D eigenvalue weighted by Crippen LogP contribution is 2.14. The Morgan fingerprint density at radius 2 is 1.64 bits per heavy atom. The fourth-order valence-corrected chi connectivity index (χ4v) is 2.35. The third-order valence-corrected chi connectivity index (χ3v) is 3.33. The molecule has 0 unspecified atom stereocenters. The molecule has 8 heteroatoms. The van der Waals surface area contributed by atoms with Crippen molar-refractivity contribution in [3.8, 4) is 11.9 Å². The molecule has 0 atom stereocenters. The monoisotopic (exact) mass is 292 g/mol. The topological polar surface area (TPSA) is 87.2 Å². The molecule has 3 aromatic heterocycles. The molecule has 108 valence electrons. The molecule has 0 spiro atoms. The quantitative estimate of drug-likeness (QED) is 0.555. The van der Waals surface area contributed by atoms with Crippen LogP contribution in [-0.2, 0) is 0 Å². The normalized spacial score (nSPS) is 11.2. The molecule has 0 amide bonds. The summed E-state index contributed by atoms with van der Waals surface area (Å²) in [5, 5.41) is 20.8. The van der Waals surface area contributed by atoms with E-state index in [1.54, 1.807) is 15.6 Å². The van der Waals surface area contributed by atoms with Gasteiger partial charge in [0.25, 0.3) is 11.9 Å². The van der Waals surface area contributed by atoms with E-state index in [9.17, 15) is 0 Å². The zero-order chi connectivity index (χ0) is 15.1. The van der Waals surface area contributed by atoms with Gasteiger partial charge in [-0.2, -0.15) is 5.10 Å². The van der Waals surface area contributed by atoms with Crippen LogP contribution in [0.25, 0.3) is 22.9 Å². The third-order valence-electron chi connectivity index (χ3n) is 3.33. The first-order valence-electron chi connectivity index (χ1n) is 6.76. The average molecular weight is 292 g/mol. The summed E-state index contributed by atoms with van der Waals surface area (Å²) in [6, 6.07) is 9.69. The Kier molecular flexibility index (Phi) is 2.68. The maximum absolute atomic E-state index is 4.32. The molecular weight excluding hydrogens is 280 g/mol. The van der Waals surface area contributed by atoms with Gasteiger partial charge in [-0.05, 0) is 32.0 Å². The summed E-state index contributed by atoms with van der Waals surface area (Å²) in [7, 11) is 0. The van der Waals surface area contributed by atoms with Gasteiger partial charge in [0, 0.05) is 5.69 Å². The average Bonchev–Trinajstić information content (AvgIpc) is 3.10. The molecule has 0 aliphatic heterocycles. The van der Waals surface area contributed by atoms with Crippen molar-refractivity contribution >= 4 is 11.0 Å². The Bertz CT molecular complexity index is 951. The van der Waals surface area contributed by atoms with E-state index in [1.165, 1.54) is 0 Å². The Morgan fingerprint density at radius 3 is 2.36 bits per heavy atom. The molecule has 0 bridgehead atoms. The second-order valence-corrected chi connectivity index (χ2v) is 4.94. The van der Waals surface area contributed by atoms with Crippen LogP contribution in [-0.4, -0.2) is 39.7 Å². The summed E-state index contributed by atoms with van der Waals surface area (Å²) >= 11 is 0. The van der Waals surface area contributed by atoms with Crippen LogP contribution >= 0.6 is 0 Å². The number of hydrogen-bond donors (Lipinski definition) is 0. The van der Waals surface area contributed by atoms with Crippen LogP contribution in [0.1, 0.15) is 11.4 Å². The summed E-state index contributed by atoms with van der Waals surface area (Å²) in [5.74, 6) is 0.720. The molecule has 8 nitrogen and oxygen atoms in total. The molecule has 4 aromatic rings. The van der Waals surface area contributed by atoms with Crippen LogP contribution in [0.15, 0.2) is 36.7 Å². The highest BCUT2D eigenvalue weighted by atomic mass is 15.5. The van der Waals surface area contributed by atoms with E-state index in [0.29, 0.717) is 11.9 Å². The van der Waals surface area contributed by atoms with Gasteiger partial charge in [-0.3, -0.25) is 4.57 Å². The molecule has 3 heterocycles. The Labute approximate surface area is 125 Å². The molecular formula is C14H12N8. The zero-order valence-electron chi connectivity index (χ0n) is 12.0. The van der Waals surface area contributed by atoms with Crippen molar-refractivity contribution in [1.82, 2.24) is 39.7 Å². The van der Waals surface area contributed by atoms with Crippen LogP contribution in [0.5, 0.6) is 0 Å². The SMILES string of the molecule is Cc1cc(C)n(-c2nnc(-n3cnc4ccccc43)nn2)n1. The number of benzene rings is 1. The minimum Gasteiger partial charge on any atom is -0.264 e.